The zero-order chi connectivity index (χ0) is 35.2. The van der Waals surface area contributed by atoms with E-state index in [2.05, 4.69) is 20.6 Å². The van der Waals surface area contributed by atoms with Crippen LogP contribution in [0.1, 0.15) is 52.0 Å². The van der Waals surface area contributed by atoms with Gasteiger partial charge in [0.25, 0.3) is 0 Å². The van der Waals surface area contributed by atoms with Crippen LogP contribution in [-0.4, -0.2) is 75.5 Å². The summed E-state index contributed by atoms with van der Waals surface area (Å²) in [6.45, 7) is 4.34. The van der Waals surface area contributed by atoms with Gasteiger partial charge in [-0.2, -0.15) is 0 Å². The number of nitrogens with one attached hydrogen (secondary N) is 3. The molecule has 0 radical (unpaired) electrons. The minimum absolute atomic E-state index is 0.145. The van der Waals surface area contributed by atoms with Crippen LogP contribution in [-0.2, 0) is 20.7 Å². The Kier molecular flexibility index (Phi) is 10.4. The highest BCUT2D eigenvalue weighted by atomic mass is 16.5. The number of aromatic nitrogens is 3. The largest absolute Gasteiger partial charge is 0.465 e. The number of carbonyl (C=O) groups is 3. The summed E-state index contributed by atoms with van der Waals surface area (Å²) in [5, 5.41) is 15.8. The number of alkyl carbamates (subject to hydrolysis) is 1. The van der Waals surface area contributed by atoms with E-state index in [0.29, 0.717) is 24.5 Å². The van der Waals surface area contributed by atoms with Gasteiger partial charge in [0.05, 0.1) is 37.4 Å². The lowest BCUT2D eigenvalue weighted by atomic mass is 9.84. The molecule has 4 N–H and O–H groups in total. The standard InChI is InChI=1S/C38H40N6O6/c1-23-19-29-30(20-24(23)2)41-35(40-29)31-22-50-28(21-44(31)38(47)48)17-16-27-15-10-18-39-34(27)43-36(45)33(42-37(46)49-3)32(25-11-6-4-7-12-25)26-13-8-5-9-14-26/h4-15,18-20,28,31-33H,16-17,21-22H2,1-3H3,(H,40,41)(H,42,46)(H,47,48)(H,39,43,45)/t28-,31+,33+/m1/s1. The number of pyridine rings is 1. The van der Waals surface area contributed by atoms with Crippen LogP contribution in [0.2, 0.25) is 0 Å². The van der Waals surface area contributed by atoms with E-state index in [1.54, 1.807) is 12.3 Å². The predicted molar refractivity (Wildman–Crippen MR) is 188 cm³/mol. The topological polar surface area (TPSA) is 159 Å². The molecule has 12 nitrogen and oxygen atoms in total. The number of aryl methyl sites for hydroxylation is 3. The van der Waals surface area contributed by atoms with Crippen LogP contribution in [0.3, 0.4) is 0 Å². The number of H-pyrrole nitrogens is 1. The molecule has 3 aromatic carbocycles. The molecule has 258 valence electrons. The van der Waals surface area contributed by atoms with E-state index in [1.807, 2.05) is 92.7 Å². The lowest BCUT2D eigenvalue weighted by Crippen LogP contribution is -2.48. The first-order valence-electron chi connectivity index (χ1n) is 16.5. The van der Waals surface area contributed by atoms with Crippen LogP contribution < -0.4 is 10.6 Å². The second-order valence-corrected chi connectivity index (χ2v) is 12.4. The molecule has 0 spiro atoms. The number of methoxy groups -OCH3 is 1. The first-order valence-corrected chi connectivity index (χ1v) is 16.5. The number of anilines is 1. The van der Waals surface area contributed by atoms with Gasteiger partial charge >= 0.3 is 12.2 Å². The van der Waals surface area contributed by atoms with Gasteiger partial charge in [-0.3, -0.25) is 9.69 Å². The molecule has 2 aromatic heterocycles. The van der Waals surface area contributed by atoms with Gasteiger partial charge in [-0.05, 0) is 72.7 Å². The number of hydrogen-bond donors (Lipinski definition) is 4. The fourth-order valence-corrected chi connectivity index (χ4v) is 6.42. The normalized spacial score (nSPS) is 16.6. The van der Waals surface area contributed by atoms with Crippen LogP contribution in [0.5, 0.6) is 0 Å². The summed E-state index contributed by atoms with van der Waals surface area (Å²) in [6.07, 6.45) is 0.315. The number of benzene rings is 3. The summed E-state index contributed by atoms with van der Waals surface area (Å²) >= 11 is 0. The second-order valence-electron chi connectivity index (χ2n) is 12.4. The Morgan fingerprint density at radius 3 is 2.34 bits per heavy atom. The van der Waals surface area contributed by atoms with E-state index >= 15 is 0 Å². The van der Waals surface area contributed by atoms with Crippen molar-refractivity contribution < 1.29 is 29.0 Å². The predicted octanol–water partition coefficient (Wildman–Crippen LogP) is 6.12. The Labute approximate surface area is 289 Å². The maximum absolute atomic E-state index is 14.1. The molecule has 1 aliphatic rings. The van der Waals surface area contributed by atoms with Crippen molar-refractivity contribution in [2.24, 2.45) is 0 Å². The maximum Gasteiger partial charge on any atom is 0.408 e. The van der Waals surface area contributed by atoms with E-state index in [0.717, 1.165) is 38.9 Å². The maximum atomic E-state index is 14.1. The van der Waals surface area contributed by atoms with Gasteiger partial charge in [0, 0.05) is 12.1 Å². The van der Waals surface area contributed by atoms with Crippen LogP contribution in [0, 0.1) is 13.8 Å². The summed E-state index contributed by atoms with van der Waals surface area (Å²) in [7, 11) is 1.25. The minimum Gasteiger partial charge on any atom is -0.465 e. The lowest BCUT2D eigenvalue weighted by molar-refractivity contribution is -0.118. The first kappa shape index (κ1) is 34.1. The molecule has 1 fully saturated rings. The Morgan fingerprint density at radius 2 is 1.68 bits per heavy atom. The zero-order valence-corrected chi connectivity index (χ0v) is 28.1. The number of carbonyl (C=O) groups excluding carboxylic acids is 2. The van der Waals surface area contributed by atoms with Crippen molar-refractivity contribution in [3.63, 3.8) is 0 Å². The average Bonchev–Trinajstić information content (AvgIpc) is 3.54. The minimum atomic E-state index is -1.05. The van der Waals surface area contributed by atoms with E-state index < -0.39 is 42.2 Å². The number of nitrogens with zero attached hydrogens (tertiary/aromatic N) is 3. The SMILES string of the molecule is COC(=O)N[C@H](C(=O)Nc1ncccc1CC[C@@H]1CN(C(=O)O)[C@H](c2nc3cc(C)c(C)cc3[nH]2)CO1)C(c1ccccc1)c1ccccc1. The number of fused-ring (bicyclic) bond motifs is 1. The third-order valence-corrected chi connectivity index (χ3v) is 9.20. The number of ether oxygens (including phenoxy) is 2. The fourth-order valence-electron chi connectivity index (χ4n) is 6.42. The molecule has 5 aromatic rings. The average molecular weight is 677 g/mol. The summed E-state index contributed by atoms with van der Waals surface area (Å²) in [4.78, 5) is 52.9. The quantitative estimate of drug-likeness (QED) is 0.138. The molecule has 0 unspecified atom stereocenters. The molecule has 0 saturated carbocycles. The highest BCUT2D eigenvalue weighted by Crippen LogP contribution is 2.31. The lowest BCUT2D eigenvalue weighted by Gasteiger charge is -2.37. The summed E-state index contributed by atoms with van der Waals surface area (Å²) in [6, 6.07) is 25.0. The molecule has 1 saturated heterocycles. The van der Waals surface area contributed by atoms with E-state index in [1.165, 1.54) is 12.0 Å². The Hall–Kier alpha value is -5.75. The summed E-state index contributed by atoms with van der Waals surface area (Å²) in [5.74, 6) is -0.125. The van der Waals surface area contributed by atoms with Gasteiger partial charge in [0.15, 0.2) is 0 Å². The van der Waals surface area contributed by atoms with Gasteiger partial charge in [0.2, 0.25) is 5.91 Å². The van der Waals surface area contributed by atoms with Crippen molar-refractivity contribution in [2.45, 2.75) is 50.8 Å². The number of hydrogen-bond acceptors (Lipinski definition) is 7. The molecule has 3 amide bonds. The van der Waals surface area contributed by atoms with Crippen LogP contribution in [0.4, 0.5) is 15.4 Å². The van der Waals surface area contributed by atoms with Crippen molar-refractivity contribution in [1.82, 2.24) is 25.2 Å². The highest BCUT2D eigenvalue weighted by molar-refractivity contribution is 5.97. The number of morpholine rings is 1. The van der Waals surface area contributed by atoms with Gasteiger partial charge in [-0.25, -0.2) is 19.6 Å². The molecule has 0 aliphatic carbocycles. The van der Waals surface area contributed by atoms with E-state index in [4.69, 9.17) is 14.5 Å². The van der Waals surface area contributed by atoms with Crippen LogP contribution in [0.15, 0.2) is 91.1 Å². The fraction of sp³-hybridized carbons (Fsp3) is 0.289. The molecule has 1 aliphatic heterocycles. The Bertz CT molecular complexity index is 1890. The summed E-state index contributed by atoms with van der Waals surface area (Å²) < 4.78 is 11.1. The van der Waals surface area contributed by atoms with Crippen LogP contribution in [0.25, 0.3) is 11.0 Å². The van der Waals surface area contributed by atoms with Gasteiger partial charge in [-0.15, -0.1) is 0 Å². The monoisotopic (exact) mass is 676 g/mol. The van der Waals surface area contributed by atoms with Crippen molar-refractivity contribution in [3.05, 3.63) is 125 Å². The van der Waals surface area contributed by atoms with Crippen molar-refractivity contribution in [2.75, 3.05) is 25.6 Å². The molecular weight excluding hydrogens is 636 g/mol. The summed E-state index contributed by atoms with van der Waals surface area (Å²) in [5.41, 5.74) is 6.27. The second kappa shape index (κ2) is 15.2. The number of carboxylic acid groups (broad SMARTS) is 1. The number of aromatic amines is 1. The zero-order valence-electron chi connectivity index (χ0n) is 28.1. The number of rotatable bonds is 10. The van der Waals surface area contributed by atoms with Crippen LogP contribution >= 0.6 is 0 Å². The number of imidazole rings is 1. The third-order valence-electron chi connectivity index (χ3n) is 9.20. The van der Waals surface area contributed by atoms with E-state index in [-0.39, 0.29) is 13.2 Å². The first-order chi connectivity index (χ1) is 24.2. The molecule has 0 bridgehead atoms. The molecular formula is C38H40N6O6. The van der Waals surface area contributed by atoms with Crippen molar-refractivity contribution >= 4 is 34.9 Å². The highest BCUT2D eigenvalue weighted by Gasteiger charge is 2.36. The van der Waals surface area contributed by atoms with Gasteiger partial charge in [0.1, 0.15) is 23.7 Å². The molecule has 6 rings (SSSR count). The van der Waals surface area contributed by atoms with E-state index in [9.17, 15) is 19.5 Å². The van der Waals surface area contributed by atoms with Crippen molar-refractivity contribution in [3.8, 4) is 0 Å². The Morgan fingerprint density at radius 1 is 1.00 bits per heavy atom. The molecule has 3 heterocycles. The number of amides is 3. The molecule has 50 heavy (non-hydrogen) atoms. The van der Waals surface area contributed by atoms with Gasteiger partial charge in [-0.1, -0.05) is 66.7 Å². The third kappa shape index (κ3) is 7.60. The smallest absolute Gasteiger partial charge is 0.408 e. The molecule has 3 atom stereocenters. The Balaban J connectivity index is 1.18. The van der Waals surface area contributed by atoms with Crippen molar-refractivity contribution in [1.29, 1.82) is 0 Å². The van der Waals surface area contributed by atoms with Gasteiger partial charge < -0.3 is 30.2 Å². The molecule has 12 heteroatoms.